The van der Waals surface area contributed by atoms with Crippen molar-refractivity contribution in [3.05, 3.63) is 64.9 Å². The monoisotopic (exact) mass is 592 g/mol. The van der Waals surface area contributed by atoms with Gasteiger partial charge in [0, 0.05) is 29.7 Å². The first-order chi connectivity index (χ1) is 20.3. The molecule has 1 fully saturated rings. The molecule has 224 valence electrons. The van der Waals surface area contributed by atoms with Crippen molar-refractivity contribution in [2.45, 2.75) is 96.3 Å². The minimum absolute atomic E-state index is 0.0334. The maximum Gasteiger partial charge on any atom is 0.264 e. The molecular weight excluding hydrogens is 552 g/mol. The zero-order valence-corrected chi connectivity index (χ0v) is 25.7. The van der Waals surface area contributed by atoms with E-state index in [-0.39, 0.29) is 17.3 Å². The molecular formula is C32H40N4O5S. The summed E-state index contributed by atoms with van der Waals surface area (Å²) in [5.74, 6) is 2.15. The van der Waals surface area contributed by atoms with Crippen molar-refractivity contribution in [1.82, 2.24) is 5.16 Å². The first kappa shape index (κ1) is 30.0. The Labute approximate surface area is 248 Å². The van der Waals surface area contributed by atoms with E-state index < -0.39 is 15.6 Å². The van der Waals surface area contributed by atoms with Crippen LogP contribution in [0.25, 0.3) is 11.1 Å². The maximum atomic E-state index is 14.2. The topological polar surface area (TPSA) is 115 Å². The molecule has 1 spiro atoms. The van der Waals surface area contributed by atoms with Crippen LogP contribution in [0.3, 0.4) is 0 Å². The maximum absolute atomic E-state index is 14.2. The van der Waals surface area contributed by atoms with Crippen molar-refractivity contribution in [3.63, 3.8) is 0 Å². The predicted octanol–water partition coefficient (Wildman–Crippen LogP) is 7.13. The van der Waals surface area contributed by atoms with E-state index in [1.807, 2.05) is 43.3 Å². The molecule has 0 amide bonds. The van der Waals surface area contributed by atoms with Crippen molar-refractivity contribution in [2.75, 3.05) is 11.3 Å². The largest absolute Gasteiger partial charge is 0.474 e. The van der Waals surface area contributed by atoms with E-state index in [1.165, 1.54) is 0 Å². The quantitative estimate of drug-likeness (QED) is 0.239. The highest BCUT2D eigenvalue weighted by Gasteiger charge is 2.44. The van der Waals surface area contributed by atoms with E-state index in [0.29, 0.717) is 41.6 Å². The number of benzene rings is 2. The van der Waals surface area contributed by atoms with Gasteiger partial charge in [-0.25, -0.2) is 13.4 Å². The summed E-state index contributed by atoms with van der Waals surface area (Å²) in [6, 6.07) is 13.2. The van der Waals surface area contributed by atoms with E-state index >= 15 is 0 Å². The van der Waals surface area contributed by atoms with Gasteiger partial charge in [0.15, 0.2) is 5.82 Å². The van der Waals surface area contributed by atoms with Crippen LogP contribution in [0.5, 0.6) is 0 Å². The molecule has 0 saturated heterocycles. The second-order valence-electron chi connectivity index (χ2n) is 11.0. The van der Waals surface area contributed by atoms with Crippen LogP contribution >= 0.6 is 0 Å². The Morgan fingerprint density at radius 2 is 1.71 bits per heavy atom. The average Bonchev–Trinajstić information content (AvgIpc) is 3.69. The Bertz CT molecular complexity index is 1590. The van der Waals surface area contributed by atoms with Crippen molar-refractivity contribution in [1.29, 1.82) is 0 Å². The molecule has 9 nitrogen and oxygen atoms in total. The summed E-state index contributed by atoms with van der Waals surface area (Å²) < 4.78 is 48.4. The molecule has 1 saturated carbocycles. The summed E-state index contributed by atoms with van der Waals surface area (Å²) >= 11 is 0. The van der Waals surface area contributed by atoms with Crippen LogP contribution in [-0.2, 0) is 32.7 Å². The zero-order chi connectivity index (χ0) is 29.7. The van der Waals surface area contributed by atoms with Crippen LogP contribution in [0.15, 0.2) is 61.9 Å². The van der Waals surface area contributed by atoms with Gasteiger partial charge < -0.3 is 14.0 Å². The molecule has 0 radical (unpaired) electrons. The van der Waals surface area contributed by atoms with Crippen LogP contribution in [0.2, 0.25) is 0 Å². The lowest BCUT2D eigenvalue weighted by atomic mass is 9.98. The Hall–Kier alpha value is -3.50. The molecule has 2 aromatic carbocycles. The third-order valence-electron chi connectivity index (χ3n) is 8.04. The van der Waals surface area contributed by atoms with Crippen LogP contribution in [0.4, 0.5) is 5.82 Å². The van der Waals surface area contributed by atoms with E-state index in [0.717, 1.165) is 61.9 Å². The molecule has 1 aromatic heterocycles. The van der Waals surface area contributed by atoms with Crippen LogP contribution in [-0.4, -0.2) is 37.5 Å². The number of rotatable bonds is 12. The van der Waals surface area contributed by atoms with E-state index in [1.54, 1.807) is 19.9 Å². The van der Waals surface area contributed by atoms with Crippen molar-refractivity contribution in [2.24, 2.45) is 9.98 Å². The van der Waals surface area contributed by atoms with Gasteiger partial charge in [-0.05, 0) is 51.2 Å². The highest BCUT2D eigenvalue weighted by Crippen LogP contribution is 2.40. The fraction of sp³-hybridized carbons (Fsp3) is 0.469. The van der Waals surface area contributed by atoms with Gasteiger partial charge >= 0.3 is 0 Å². The van der Waals surface area contributed by atoms with Gasteiger partial charge in [-0.3, -0.25) is 9.71 Å². The van der Waals surface area contributed by atoms with Gasteiger partial charge in [0.05, 0.1) is 6.61 Å². The molecule has 1 aliphatic heterocycles. The van der Waals surface area contributed by atoms with Crippen molar-refractivity contribution in [3.8, 4) is 11.1 Å². The Balaban J connectivity index is 1.55. The first-order valence-corrected chi connectivity index (χ1v) is 16.3. The molecule has 5 rings (SSSR count). The molecule has 2 heterocycles. The molecule has 3 aromatic rings. The number of unbranched alkanes of at least 4 members (excludes halogenated alkanes) is 1. The number of hydrogen-bond acceptors (Lipinski definition) is 8. The molecule has 0 unspecified atom stereocenters. The zero-order valence-electron chi connectivity index (χ0n) is 24.9. The Morgan fingerprint density at radius 3 is 2.43 bits per heavy atom. The summed E-state index contributed by atoms with van der Waals surface area (Å²) in [7, 11) is -4.13. The minimum Gasteiger partial charge on any atom is -0.474 e. The van der Waals surface area contributed by atoms with Gasteiger partial charge in [0.1, 0.15) is 28.6 Å². The highest BCUT2D eigenvalue weighted by atomic mass is 32.2. The van der Waals surface area contributed by atoms with Crippen molar-refractivity contribution >= 4 is 27.6 Å². The van der Waals surface area contributed by atoms with Gasteiger partial charge in [0.2, 0.25) is 5.90 Å². The number of aromatic nitrogens is 1. The second kappa shape index (κ2) is 12.8. The fourth-order valence-corrected chi connectivity index (χ4v) is 7.11. The molecule has 2 aliphatic rings. The average molecular weight is 593 g/mol. The minimum atomic E-state index is -4.13. The van der Waals surface area contributed by atoms with Crippen LogP contribution in [0, 0.1) is 13.8 Å². The number of amidine groups is 1. The lowest BCUT2D eigenvalue weighted by Crippen LogP contribution is -2.33. The van der Waals surface area contributed by atoms with Gasteiger partial charge in [-0.15, -0.1) is 0 Å². The molecule has 10 heteroatoms. The fourth-order valence-electron chi connectivity index (χ4n) is 5.63. The number of sulfonamides is 1. The lowest BCUT2D eigenvalue weighted by molar-refractivity contribution is 0.134. The summed E-state index contributed by atoms with van der Waals surface area (Å²) in [6.45, 7) is 8.54. The molecule has 0 atom stereocenters. The van der Waals surface area contributed by atoms with Gasteiger partial charge in [-0.2, -0.15) is 0 Å². The molecule has 1 aliphatic carbocycles. The molecule has 0 bridgehead atoms. The van der Waals surface area contributed by atoms with E-state index in [9.17, 15) is 8.42 Å². The Kier molecular flexibility index (Phi) is 9.13. The Morgan fingerprint density at radius 1 is 0.976 bits per heavy atom. The van der Waals surface area contributed by atoms with E-state index in [4.69, 9.17) is 24.0 Å². The third kappa shape index (κ3) is 6.15. The standard InChI is InChI=1S/C32H40N4O5S/c1-5-7-17-28-33-31(32(34-28)18-10-11-19-32)40-21-25-14-12-16-27(26-15-9-8-13-24(26)20-39-6-2)29(25)42(37,38)36-30-22(3)23(4)41-35-30/h8-9,12-16H,5-7,10-11,17-21H2,1-4H3,(H,35,36). The number of nitrogens with zero attached hydrogens (tertiary/aromatic N) is 3. The van der Waals surface area contributed by atoms with Crippen LogP contribution < -0.4 is 4.72 Å². The smallest absolute Gasteiger partial charge is 0.264 e. The molecule has 42 heavy (non-hydrogen) atoms. The van der Waals surface area contributed by atoms with Crippen LogP contribution in [0.1, 0.15) is 81.2 Å². The van der Waals surface area contributed by atoms with E-state index in [2.05, 4.69) is 16.8 Å². The summed E-state index contributed by atoms with van der Waals surface area (Å²) in [5.41, 5.74) is 2.93. The number of aliphatic imine (C=N–C) groups is 2. The summed E-state index contributed by atoms with van der Waals surface area (Å²) in [4.78, 5) is 9.96. The second-order valence-corrected chi connectivity index (χ2v) is 12.6. The predicted molar refractivity (Wildman–Crippen MR) is 164 cm³/mol. The van der Waals surface area contributed by atoms with Crippen molar-refractivity contribution < 1.29 is 22.4 Å². The normalized spacial score (nSPS) is 16.1. The molecule has 1 N–H and O–H groups in total. The number of anilines is 1. The van der Waals surface area contributed by atoms with Gasteiger partial charge in [0.25, 0.3) is 10.0 Å². The number of ether oxygens (including phenoxy) is 2. The number of nitrogens with one attached hydrogen (secondary N) is 1. The summed E-state index contributed by atoms with van der Waals surface area (Å²) in [6.07, 6.45) is 6.82. The third-order valence-corrected chi connectivity index (χ3v) is 9.53. The van der Waals surface area contributed by atoms with Gasteiger partial charge in [-0.1, -0.05) is 73.8 Å². The number of aryl methyl sites for hydroxylation is 1. The highest BCUT2D eigenvalue weighted by molar-refractivity contribution is 7.93. The summed E-state index contributed by atoms with van der Waals surface area (Å²) in [5, 5.41) is 3.96. The number of hydrogen-bond donors (Lipinski definition) is 1. The SMILES string of the molecule is CCCCC1=NC2(CCCC2)C(OCc2cccc(-c3ccccc3COCC)c2S(=O)(=O)Nc2noc(C)c2C)=N1. The first-order valence-electron chi connectivity index (χ1n) is 14.8. The lowest BCUT2D eigenvalue weighted by Gasteiger charge is -2.23.